The predicted octanol–water partition coefficient (Wildman–Crippen LogP) is 1.07. The highest BCUT2D eigenvalue weighted by atomic mass is 16.5. The van der Waals surface area contributed by atoms with Crippen molar-refractivity contribution in [1.82, 2.24) is 15.5 Å². The van der Waals surface area contributed by atoms with Crippen molar-refractivity contribution < 1.29 is 9.53 Å². The van der Waals surface area contributed by atoms with Crippen LogP contribution in [-0.2, 0) is 4.74 Å². The number of nitrogen functional groups attached to an aromatic ring is 1. The van der Waals surface area contributed by atoms with E-state index >= 15 is 0 Å². The Morgan fingerprint density at radius 3 is 2.94 bits per heavy atom. The van der Waals surface area contributed by atoms with Gasteiger partial charge in [-0.05, 0) is 12.8 Å². The van der Waals surface area contributed by atoms with Crippen LogP contribution < -0.4 is 11.1 Å². The van der Waals surface area contributed by atoms with Crippen molar-refractivity contribution in [2.75, 3.05) is 18.9 Å². The minimum absolute atomic E-state index is 0.239. The molecule has 0 aliphatic heterocycles. The van der Waals surface area contributed by atoms with Crippen molar-refractivity contribution in [2.24, 2.45) is 0 Å². The van der Waals surface area contributed by atoms with E-state index in [4.69, 9.17) is 10.5 Å². The fraction of sp³-hybridized carbons (Fsp3) is 0.667. The average molecular weight is 252 g/mol. The number of aromatic amines is 1. The van der Waals surface area contributed by atoms with Gasteiger partial charge < -0.3 is 15.8 Å². The summed E-state index contributed by atoms with van der Waals surface area (Å²) in [5.74, 6) is -0.239. The standard InChI is InChI=1S/C12H20N4O2/c13-10-8-15-16-11(10)12(17)14-6-7-18-9-4-2-1-3-5-9/h8-9H,1-7,13H2,(H,14,17)(H,15,16). The number of anilines is 1. The molecule has 1 aromatic heterocycles. The Hall–Kier alpha value is -1.56. The molecule has 0 saturated heterocycles. The SMILES string of the molecule is Nc1cn[nH]c1C(=O)NCCOC1CCCCC1. The number of carbonyl (C=O) groups is 1. The first-order chi connectivity index (χ1) is 8.77. The third-order valence-corrected chi connectivity index (χ3v) is 3.19. The molecular formula is C12H20N4O2. The number of nitrogens with one attached hydrogen (secondary N) is 2. The molecule has 0 bridgehead atoms. The molecule has 1 heterocycles. The number of carbonyl (C=O) groups excluding carboxylic acids is 1. The molecule has 2 rings (SSSR count). The van der Waals surface area contributed by atoms with Gasteiger partial charge in [0.05, 0.1) is 24.6 Å². The molecule has 1 aliphatic rings. The van der Waals surface area contributed by atoms with E-state index in [0.29, 0.717) is 30.6 Å². The summed E-state index contributed by atoms with van der Waals surface area (Å²) >= 11 is 0. The van der Waals surface area contributed by atoms with Crippen LogP contribution >= 0.6 is 0 Å². The first-order valence-electron chi connectivity index (χ1n) is 6.46. The predicted molar refractivity (Wildman–Crippen MR) is 68.2 cm³/mol. The number of ether oxygens (including phenoxy) is 1. The topological polar surface area (TPSA) is 93.0 Å². The number of rotatable bonds is 5. The van der Waals surface area contributed by atoms with Crippen LogP contribution in [0.25, 0.3) is 0 Å². The van der Waals surface area contributed by atoms with Gasteiger partial charge in [0.25, 0.3) is 5.91 Å². The summed E-state index contributed by atoms with van der Waals surface area (Å²) in [7, 11) is 0. The summed E-state index contributed by atoms with van der Waals surface area (Å²) in [5.41, 5.74) is 6.25. The van der Waals surface area contributed by atoms with Gasteiger partial charge >= 0.3 is 0 Å². The van der Waals surface area contributed by atoms with Crippen LogP contribution in [0.4, 0.5) is 5.69 Å². The van der Waals surface area contributed by atoms with E-state index in [-0.39, 0.29) is 5.91 Å². The first-order valence-corrected chi connectivity index (χ1v) is 6.46. The molecule has 0 spiro atoms. The van der Waals surface area contributed by atoms with Crippen LogP contribution in [0.15, 0.2) is 6.20 Å². The van der Waals surface area contributed by atoms with Crippen LogP contribution in [0.5, 0.6) is 0 Å². The van der Waals surface area contributed by atoms with Gasteiger partial charge in [-0.3, -0.25) is 9.89 Å². The number of amides is 1. The second-order valence-corrected chi connectivity index (χ2v) is 4.59. The molecule has 18 heavy (non-hydrogen) atoms. The maximum Gasteiger partial charge on any atom is 0.271 e. The molecule has 0 atom stereocenters. The minimum atomic E-state index is -0.239. The summed E-state index contributed by atoms with van der Waals surface area (Å²) < 4.78 is 5.71. The van der Waals surface area contributed by atoms with Crippen LogP contribution in [-0.4, -0.2) is 35.4 Å². The number of aromatic nitrogens is 2. The van der Waals surface area contributed by atoms with Crippen molar-refractivity contribution in [1.29, 1.82) is 0 Å². The van der Waals surface area contributed by atoms with Crippen LogP contribution in [0.2, 0.25) is 0 Å². The zero-order valence-electron chi connectivity index (χ0n) is 10.4. The van der Waals surface area contributed by atoms with E-state index in [2.05, 4.69) is 15.5 Å². The number of nitrogens with zero attached hydrogens (tertiary/aromatic N) is 1. The molecule has 1 fully saturated rings. The van der Waals surface area contributed by atoms with Gasteiger partial charge in [-0.15, -0.1) is 0 Å². The molecule has 6 heteroatoms. The Morgan fingerprint density at radius 2 is 2.28 bits per heavy atom. The summed E-state index contributed by atoms with van der Waals surface area (Å²) in [5, 5.41) is 9.02. The Bertz CT molecular complexity index is 385. The lowest BCUT2D eigenvalue weighted by Gasteiger charge is -2.21. The summed E-state index contributed by atoms with van der Waals surface area (Å²) in [6.07, 6.45) is 7.89. The third kappa shape index (κ3) is 3.46. The second-order valence-electron chi connectivity index (χ2n) is 4.59. The number of nitrogens with two attached hydrogens (primary N) is 1. The van der Waals surface area contributed by atoms with E-state index in [9.17, 15) is 4.79 Å². The van der Waals surface area contributed by atoms with Crippen LogP contribution in [0.1, 0.15) is 42.6 Å². The van der Waals surface area contributed by atoms with Crippen molar-refractivity contribution in [3.8, 4) is 0 Å². The Morgan fingerprint density at radius 1 is 1.50 bits per heavy atom. The zero-order chi connectivity index (χ0) is 12.8. The Labute approximate surface area is 106 Å². The maximum absolute atomic E-state index is 11.7. The van der Waals surface area contributed by atoms with Crippen LogP contribution in [0.3, 0.4) is 0 Å². The van der Waals surface area contributed by atoms with E-state index < -0.39 is 0 Å². The quantitative estimate of drug-likeness (QED) is 0.683. The highest BCUT2D eigenvalue weighted by molar-refractivity contribution is 5.96. The van der Waals surface area contributed by atoms with Gasteiger partial charge in [-0.25, -0.2) is 0 Å². The van der Waals surface area contributed by atoms with Gasteiger partial charge in [0.1, 0.15) is 5.69 Å². The van der Waals surface area contributed by atoms with E-state index in [1.807, 2.05) is 0 Å². The molecule has 1 saturated carbocycles. The fourth-order valence-electron chi connectivity index (χ4n) is 2.19. The highest BCUT2D eigenvalue weighted by Gasteiger charge is 2.14. The fourth-order valence-corrected chi connectivity index (χ4v) is 2.19. The molecule has 0 unspecified atom stereocenters. The third-order valence-electron chi connectivity index (χ3n) is 3.19. The molecule has 4 N–H and O–H groups in total. The van der Waals surface area contributed by atoms with E-state index in [1.54, 1.807) is 0 Å². The molecule has 0 aromatic carbocycles. The van der Waals surface area contributed by atoms with E-state index in [1.165, 1.54) is 25.5 Å². The van der Waals surface area contributed by atoms with Crippen LogP contribution in [0, 0.1) is 0 Å². The molecule has 1 aromatic rings. The summed E-state index contributed by atoms with van der Waals surface area (Å²) in [6.45, 7) is 1.04. The number of hydrogen-bond acceptors (Lipinski definition) is 4. The highest BCUT2D eigenvalue weighted by Crippen LogP contribution is 2.19. The van der Waals surface area contributed by atoms with Gasteiger partial charge in [-0.1, -0.05) is 19.3 Å². The minimum Gasteiger partial charge on any atom is -0.396 e. The molecule has 1 amide bonds. The summed E-state index contributed by atoms with van der Waals surface area (Å²) in [4.78, 5) is 11.7. The normalized spacial score (nSPS) is 16.7. The summed E-state index contributed by atoms with van der Waals surface area (Å²) in [6, 6.07) is 0. The largest absolute Gasteiger partial charge is 0.396 e. The smallest absolute Gasteiger partial charge is 0.271 e. The molecule has 100 valence electrons. The first kappa shape index (κ1) is 12.9. The second kappa shape index (κ2) is 6.39. The molecule has 1 aliphatic carbocycles. The van der Waals surface area contributed by atoms with Gasteiger partial charge in [-0.2, -0.15) is 5.10 Å². The molecule has 0 radical (unpaired) electrons. The average Bonchev–Trinajstić information content (AvgIpc) is 2.82. The zero-order valence-corrected chi connectivity index (χ0v) is 10.4. The number of H-pyrrole nitrogens is 1. The van der Waals surface area contributed by atoms with Crippen molar-refractivity contribution >= 4 is 11.6 Å². The Kier molecular flexibility index (Phi) is 4.58. The number of hydrogen-bond donors (Lipinski definition) is 3. The molecule has 6 nitrogen and oxygen atoms in total. The molecular weight excluding hydrogens is 232 g/mol. The van der Waals surface area contributed by atoms with E-state index in [0.717, 1.165) is 12.8 Å². The van der Waals surface area contributed by atoms with Crippen molar-refractivity contribution in [3.63, 3.8) is 0 Å². The monoisotopic (exact) mass is 252 g/mol. The lowest BCUT2D eigenvalue weighted by Crippen LogP contribution is -2.30. The lowest BCUT2D eigenvalue weighted by molar-refractivity contribution is 0.0299. The van der Waals surface area contributed by atoms with Gasteiger partial charge in [0.15, 0.2) is 0 Å². The Balaban J connectivity index is 1.63. The van der Waals surface area contributed by atoms with Gasteiger partial charge in [0.2, 0.25) is 0 Å². The lowest BCUT2D eigenvalue weighted by atomic mass is 9.98. The van der Waals surface area contributed by atoms with Gasteiger partial charge in [0, 0.05) is 6.54 Å². The maximum atomic E-state index is 11.7. The van der Waals surface area contributed by atoms with Crippen molar-refractivity contribution in [3.05, 3.63) is 11.9 Å². The van der Waals surface area contributed by atoms with Crippen molar-refractivity contribution in [2.45, 2.75) is 38.2 Å².